The van der Waals surface area contributed by atoms with E-state index >= 15 is 0 Å². The maximum atomic E-state index is 13.5. The van der Waals surface area contributed by atoms with Crippen molar-refractivity contribution in [3.05, 3.63) is 81.4 Å². The highest BCUT2D eigenvalue weighted by atomic mass is 35.5. The zero-order valence-electron chi connectivity index (χ0n) is 17.8. The summed E-state index contributed by atoms with van der Waals surface area (Å²) in [6, 6.07) is 19.1. The number of rotatable bonds is 4. The zero-order chi connectivity index (χ0) is 22.8. The molecule has 2 aromatic carbocycles. The van der Waals surface area contributed by atoms with E-state index in [2.05, 4.69) is 0 Å². The third-order valence-electron chi connectivity index (χ3n) is 5.86. The van der Waals surface area contributed by atoms with Gasteiger partial charge in [-0.25, -0.2) is 4.99 Å². The maximum absolute atomic E-state index is 13.5. The van der Waals surface area contributed by atoms with Crippen LogP contribution in [0, 0.1) is 0 Å². The molecule has 1 saturated carbocycles. The Labute approximate surface area is 207 Å². The molecular weight excluding hydrogens is 475 g/mol. The highest BCUT2D eigenvalue weighted by Crippen LogP contribution is 2.39. The van der Waals surface area contributed by atoms with Crippen LogP contribution in [0.4, 0.5) is 5.69 Å². The molecule has 4 nitrogen and oxygen atoms in total. The fourth-order valence-corrected chi connectivity index (χ4v) is 5.54. The Hall–Kier alpha value is -2.47. The topological polar surface area (TPSA) is 45.8 Å². The van der Waals surface area contributed by atoms with Crippen molar-refractivity contribution in [1.29, 1.82) is 0 Å². The number of carbonyl (C=O) groups is 1. The molecule has 168 valence electrons. The van der Waals surface area contributed by atoms with E-state index in [9.17, 15) is 4.79 Å². The summed E-state index contributed by atoms with van der Waals surface area (Å²) in [5, 5.41) is 1.70. The molecule has 1 amide bonds. The van der Waals surface area contributed by atoms with Gasteiger partial charge in [0.15, 0.2) is 5.17 Å². The van der Waals surface area contributed by atoms with Gasteiger partial charge < -0.3 is 4.42 Å². The lowest BCUT2D eigenvalue weighted by Crippen LogP contribution is -2.40. The second kappa shape index (κ2) is 9.80. The van der Waals surface area contributed by atoms with Crippen molar-refractivity contribution < 1.29 is 9.21 Å². The molecule has 0 unspecified atom stereocenters. The van der Waals surface area contributed by atoms with Crippen LogP contribution in [0.2, 0.25) is 10.0 Å². The lowest BCUT2D eigenvalue weighted by molar-refractivity contribution is -0.124. The van der Waals surface area contributed by atoms with E-state index in [0.717, 1.165) is 42.1 Å². The van der Waals surface area contributed by atoms with Gasteiger partial charge in [-0.3, -0.25) is 9.69 Å². The van der Waals surface area contributed by atoms with E-state index in [1.54, 1.807) is 18.2 Å². The average Bonchev–Trinajstić information content (AvgIpc) is 3.42. The van der Waals surface area contributed by atoms with Gasteiger partial charge in [0.05, 0.1) is 20.6 Å². The quantitative estimate of drug-likeness (QED) is 0.342. The van der Waals surface area contributed by atoms with Gasteiger partial charge >= 0.3 is 0 Å². The van der Waals surface area contributed by atoms with Crippen molar-refractivity contribution in [2.45, 2.75) is 38.1 Å². The van der Waals surface area contributed by atoms with Crippen LogP contribution in [0.3, 0.4) is 0 Å². The molecule has 33 heavy (non-hydrogen) atoms. The van der Waals surface area contributed by atoms with Crippen LogP contribution in [0.15, 0.2) is 75.0 Å². The monoisotopic (exact) mass is 496 g/mol. The molecule has 0 radical (unpaired) electrons. The number of carbonyl (C=O) groups excluding carboxylic acids is 1. The van der Waals surface area contributed by atoms with Gasteiger partial charge in [-0.1, -0.05) is 60.7 Å². The zero-order valence-corrected chi connectivity index (χ0v) is 20.2. The van der Waals surface area contributed by atoms with E-state index in [-0.39, 0.29) is 11.9 Å². The minimum absolute atomic E-state index is 0.00549. The Morgan fingerprint density at radius 3 is 2.52 bits per heavy atom. The van der Waals surface area contributed by atoms with Crippen LogP contribution in [0.1, 0.15) is 37.9 Å². The summed E-state index contributed by atoms with van der Waals surface area (Å²) in [5.74, 6) is 1.27. The number of amidine groups is 1. The Morgan fingerprint density at radius 2 is 1.76 bits per heavy atom. The molecule has 5 rings (SSSR count). The van der Waals surface area contributed by atoms with Gasteiger partial charge in [0.1, 0.15) is 11.5 Å². The number of hydrogen-bond donors (Lipinski definition) is 0. The summed E-state index contributed by atoms with van der Waals surface area (Å²) < 4.78 is 6.01. The first-order chi connectivity index (χ1) is 16.1. The molecule has 7 heteroatoms. The number of benzene rings is 2. The number of halogens is 2. The molecule has 0 N–H and O–H groups in total. The summed E-state index contributed by atoms with van der Waals surface area (Å²) in [6.07, 6.45) is 7.33. The number of para-hydroxylation sites is 1. The second-order valence-electron chi connectivity index (χ2n) is 8.14. The number of amides is 1. The highest BCUT2D eigenvalue weighted by molar-refractivity contribution is 8.18. The molecule has 3 aromatic rings. The number of furan rings is 1. The number of thioether (sulfide) groups is 1. The number of nitrogens with zero attached hydrogens (tertiary/aromatic N) is 2. The van der Waals surface area contributed by atoms with Gasteiger partial charge in [0.25, 0.3) is 5.91 Å². The van der Waals surface area contributed by atoms with Gasteiger partial charge in [0, 0.05) is 17.7 Å². The molecule has 1 aliphatic carbocycles. The van der Waals surface area contributed by atoms with Crippen molar-refractivity contribution in [3.8, 4) is 11.3 Å². The van der Waals surface area contributed by atoms with Gasteiger partial charge in [-0.05, 0) is 67.1 Å². The summed E-state index contributed by atoms with van der Waals surface area (Å²) >= 11 is 13.6. The van der Waals surface area contributed by atoms with Crippen LogP contribution in [-0.4, -0.2) is 22.0 Å². The van der Waals surface area contributed by atoms with Gasteiger partial charge in [-0.2, -0.15) is 0 Å². The van der Waals surface area contributed by atoms with Crippen molar-refractivity contribution >= 4 is 57.8 Å². The minimum atomic E-state index is -0.00549. The SMILES string of the molecule is O=C1/C(=C\c2ccc(-c3ccc(Cl)c(Cl)c3)o2)SC(=Nc2ccccc2)N1C1CCCCC1. The minimum Gasteiger partial charge on any atom is -0.457 e. The fourth-order valence-electron chi connectivity index (χ4n) is 4.20. The lowest BCUT2D eigenvalue weighted by Gasteiger charge is -2.30. The molecule has 0 atom stereocenters. The van der Waals surface area contributed by atoms with Crippen molar-refractivity contribution in [2.24, 2.45) is 4.99 Å². The van der Waals surface area contributed by atoms with Crippen molar-refractivity contribution in [3.63, 3.8) is 0 Å². The molecule has 2 heterocycles. The summed E-state index contributed by atoms with van der Waals surface area (Å²) in [6.45, 7) is 0. The molecule has 2 fully saturated rings. The van der Waals surface area contributed by atoms with Crippen LogP contribution < -0.4 is 0 Å². The molecular formula is C26H22Cl2N2O2S. The molecule has 2 aliphatic rings. The lowest BCUT2D eigenvalue weighted by atomic mass is 9.94. The van der Waals surface area contributed by atoms with Crippen LogP contribution in [0.25, 0.3) is 17.4 Å². The first-order valence-electron chi connectivity index (χ1n) is 11.0. The second-order valence-corrected chi connectivity index (χ2v) is 9.96. The first kappa shape index (κ1) is 22.3. The predicted octanol–water partition coefficient (Wildman–Crippen LogP) is 8.19. The van der Waals surface area contributed by atoms with Gasteiger partial charge in [-0.15, -0.1) is 0 Å². The largest absolute Gasteiger partial charge is 0.457 e. The summed E-state index contributed by atoms with van der Waals surface area (Å²) in [5.41, 5.74) is 1.67. The Bertz CT molecular complexity index is 1230. The number of hydrogen-bond acceptors (Lipinski definition) is 4. The third-order valence-corrected chi connectivity index (χ3v) is 7.58. The normalized spacial score (nSPS) is 19.7. The fraction of sp³-hybridized carbons (Fsp3) is 0.231. The van der Waals surface area contributed by atoms with E-state index in [0.29, 0.717) is 26.5 Å². The van der Waals surface area contributed by atoms with E-state index in [1.807, 2.05) is 53.4 Å². The van der Waals surface area contributed by atoms with Crippen LogP contribution in [0.5, 0.6) is 0 Å². The highest BCUT2D eigenvalue weighted by Gasteiger charge is 2.38. The average molecular weight is 497 g/mol. The van der Waals surface area contributed by atoms with Crippen molar-refractivity contribution in [1.82, 2.24) is 4.90 Å². The van der Waals surface area contributed by atoms with Gasteiger partial charge in [0.2, 0.25) is 0 Å². The standard InChI is InChI=1S/C26H22Cl2N2O2S/c27-21-13-11-17(15-22(21)28)23-14-12-20(32-23)16-24-25(31)30(19-9-5-2-6-10-19)26(33-24)29-18-7-3-1-4-8-18/h1,3-4,7-8,11-16,19H,2,5-6,9-10H2/b24-16+,29-26?. The molecule has 1 aromatic heterocycles. The Kier molecular flexibility index (Phi) is 6.63. The summed E-state index contributed by atoms with van der Waals surface area (Å²) in [4.78, 5) is 20.8. The smallest absolute Gasteiger partial charge is 0.267 e. The first-order valence-corrected chi connectivity index (χ1v) is 12.6. The maximum Gasteiger partial charge on any atom is 0.267 e. The summed E-state index contributed by atoms with van der Waals surface area (Å²) in [7, 11) is 0. The molecule has 1 aliphatic heterocycles. The molecule has 0 spiro atoms. The van der Waals surface area contributed by atoms with Crippen LogP contribution in [-0.2, 0) is 4.79 Å². The third kappa shape index (κ3) is 4.91. The molecule has 1 saturated heterocycles. The predicted molar refractivity (Wildman–Crippen MR) is 137 cm³/mol. The number of aliphatic imine (C=N–C) groups is 1. The van der Waals surface area contributed by atoms with Crippen molar-refractivity contribution in [2.75, 3.05) is 0 Å². The van der Waals surface area contributed by atoms with E-state index in [4.69, 9.17) is 32.6 Å². The van der Waals surface area contributed by atoms with Crippen LogP contribution >= 0.6 is 35.0 Å². The Balaban J connectivity index is 1.45. The molecule has 0 bridgehead atoms. The Morgan fingerprint density at radius 1 is 0.970 bits per heavy atom. The van der Waals surface area contributed by atoms with E-state index < -0.39 is 0 Å². The van der Waals surface area contributed by atoms with E-state index in [1.165, 1.54) is 18.2 Å².